The number of hydrogen-bond acceptors (Lipinski definition) is 4. The summed E-state index contributed by atoms with van der Waals surface area (Å²) >= 11 is 0. The summed E-state index contributed by atoms with van der Waals surface area (Å²) in [6.45, 7) is 4.00. The van der Waals surface area contributed by atoms with Gasteiger partial charge in [0, 0.05) is 6.42 Å². The Hall–Kier alpha value is -2.10. The first kappa shape index (κ1) is 17.3. The van der Waals surface area contributed by atoms with Crippen LogP contribution in [0.1, 0.15) is 25.8 Å². The quantitative estimate of drug-likeness (QED) is 0.820. The number of carbonyl (C=O) groups is 1. The Morgan fingerprint density at radius 3 is 2.61 bits per heavy atom. The number of amides is 1. The Bertz CT molecular complexity index is 758. The van der Waals surface area contributed by atoms with Gasteiger partial charge in [0.2, 0.25) is 5.91 Å². The number of hydrogen-bond donors (Lipinski definition) is 2. The lowest BCUT2D eigenvalue weighted by Crippen LogP contribution is -2.53. The van der Waals surface area contributed by atoms with E-state index in [4.69, 9.17) is 6.42 Å². The first-order chi connectivity index (χ1) is 10.8. The topological polar surface area (TPSA) is 75.3 Å². The summed E-state index contributed by atoms with van der Waals surface area (Å²) in [5, 5.41) is 0. The number of terminal acetylenes is 1. The minimum atomic E-state index is -3.41. The van der Waals surface area contributed by atoms with Crippen molar-refractivity contribution in [3.05, 3.63) is 35.4 Å². The predicted octanol–water partition coefficient (Wildman–Crippen LogP) is 1.53. The zero-order chi connectivity index (χ0) is 17.0. The molecule has 2 atom stereocenters. The van der Waals surface area contributed by atoms with E-state index in [-0.39, 0.29) is 28.5 Å². The Kier molecular flexibility index (Phi) is 5.24. The SMILES string of the molecule is C#CCS(=O)(=O)c1ccc(/C=C(\C)C2NNC(=O)CC2C)cc1. The van der Waals surface area contributed by atoms with Gasteiger partial charge in [-0.2, -0.15) is 0 Å². The van der Waals surface area contributed by atoms with Gasteiger partial charge in [-0.3, -0.25) is 10.2 Å². The second kappa shape index (κ2) is 6.99. The van der Waals surface area contributed by atoms with E-state index in [1.165, 1.54) is 0 Å². The summed E-state index contributed by atoms with van der Waals surface area (Å²) in [7, 11) is -3.41. The van der Waals surface area contributed by atoms with Crippen LogP contribution in [0.15, 0.2) is 34.7 Å². The second-order valence-corrected chi connectivity index (χ2v) is 7.76. The molecule has 1 saturated heterocycles. The molecule has 2 unspecified atom stereocenters. The first-order valence-electron chi connectivity index (χ1n) is 7.32. The molecule has 0 saturated carbocycles. The molecule has 2 N–H and O–H groups in total. The molecule has 1 heterocycles. The molecular weight excluding hydrogens is 312 g/mol. The monoisotopic (exact) mass is 332 g/mol. The van der Waals surface area contributed by atoms with Crippen LogP contribution in [-0.2, 0) is 14.6 Å². The van der Waals surface area contributed by atoms with Gasteiger partial charge in [-0.15, -0.1) is 6.42 Å². The van der Waals surface area contributed by atoms with Crippen LogP contribution in [0.5, 0.6) is 0 Å². The molecule has 5 nitrogen and oxygen atoms in total. The minimum absolute atomic E-state index is 0.00961. The molecule has 0 bridgehead atoms. The van der Waals surface area contributed by atoms with E-state index in [9.17, 15) is 13.2 Å². The molecule has 1 aliphatic heterocycles. The van der Waals surface area contributed by atoms with Crippen molar-refractivity contribution in [3.8, 4) is 12.3 Å². The number of rotatable bonds is 4. The molecule has 1 aromatic carbocycles. The van der Waals surface area contributed by atoms with Crippen LogP contribution in [0, 0.1) is 18.3 Å². The summed E-state index contributed by atoms with van der Waals surface area (Å²) < 4.78 is 23.8. The fraction of sp³-hybridized carbons (Fsp3) is 0.353. The highest BCUT2D eigenvalue weighted by atomic mass is 32.2. The van der Waals surface area contributed by atoms with Crippen molar-refractivity contribution >= 4 is 21.8 Å². The van der Waals surface area contributed by atoms with Crippen LogP contribution in [0.2, 0.25) is 0 Å². The van der Waals surface area contributed by atoms with E-state index in [1.54, 1.807) is 24.3 Å². The van der Waals surface area contributed by atoms with Crippen LogP contribution in [0.25, 0.3) is 6.08 Å². The molecular formula is C17H20N2O3S. The van der Waals surface area contributed by atoms with E-state index in [0.29, 0.717) is 6.42 Å². The Labute approximate surface area is 137 Å². The largest absolute Gasteiger partial charge is 0.291 e. The van der Waals surface area contributed by atoms with Crippen LogP contribution < -0.4 is 10.9 Å². The maximum atomic E-state index is 11.9. The first-order valence-corrected chi connectivity index (χ1v) is 8.97. The number of nitrogens with one attached hydrogen (secondary N) is 2. The molecule has 1 amide bonds. The zero-order valence-electron chi connectivity index (χ0n) is 13.2. The van der Waals surface area contributed by atoms with E-state index in [1.807, 2.05) is 19.9 Å². The van der Waals surface area contributed by atoms with Gasteiger partial charge < -0.3 is 0 Å². The van der Waals surface area contributed by atoms with Gasteiger partial charge >= 0.3 is 0 Å². The zero-order valence-corrected chi connectivity index (χ0v) is 14.0. The lowest BCUT2D eigenvalue weighted by molar-refractivity contribution is -0.125. The van der Waals surface area contributed by atoms with Gasteiger partial charge in [-0.05, 0) is 30.5 Å². The number of benzene rings is 1. The Balaban J connectivity index is 2.17. The van der Waals surface area contributed by atoms with Gasteiger partial charge in [-0.25, -0.2) is 13.8 Å². The lowest BCUT2D eigenvalue weighted by Gasteiger charge is -2.30. The summed E-state index contributed by atoms with van der Waals surface area (Å²) in [5.41, 5.74) is 7.61. The second-order valence-electron chi connectivity index (χ2n) is 5.77. The molecule has 0 aromatic heterocycles. The number of sulfone groups is 1. The molecule has 122 valence electrons. The minimum Gasteiger partial charge on any atom is -0.291 e. The normalized spacial score (nSPS) is 22.3. The summed E-state index contributed by atoms with van der Waals surface area (Å²) in [6.07, 6.45) is 7.53. The van der Waals surface area contributed by atoms with Gasteiger partial charge in [0.15, 0.2) is 9.84 Å². The van der Waals surface area contributed by atoms with Gasteiger partial charge in [-0.1, -0.05) is 36.6 Å². The number of hydrazine groups is 1. The maximum Gasteiger partial charge on any atom is 0.234 e. The van der Waals surface area contributed by atoms with Gasteiger partial charge in [0.05, 0.1) is 10.9 Å². The van der Waals surface area contributed by atoms with Crippen molar-refractivity contribution in [1.29, 1.82) is 0 Å². The molecule has 1 aromatic rings. The van der Waals surface area contributed by atoms with Crippen LogP contribution in [0.4, 0.5) is 0 Å². The third kappa shape index (κ3) is 4.21. The molecule has 0 aliphatic carbocycles. The molecule has 0 spiro atoms. The lowest BCUT2D eigenvalue weighted by atomic mass is 9.90. The van der Waals surface area contributed by atoms with E-state index >= 15 is 0 Å². The van der Waals surface area contributed by atoms with Gasteiger partial charge in [0.25, 0.3) is 0 Å². The summed E-state index contributed by atoms with van der Waals surface area (Å²) in [5.74, 6) is 2.04. The summed E-state index contributed by atoms with van der Waals surface area (Å²) in [4.78, 5) is 11.5. The standard InChI is InChI=1S/C17H20N2O3S/c1-4-9-23(21,22)15-7-5-14(6-8-15)10-12(2)17-13(3)11-16(20)18-19-17/h1,5-8,10,13,17,19H,9,11H2,2-3H3,(H,18,20)/b12-10+. The fourth-order valence-electron chi connectivity index (χ4n) is 2.64. The molecule has 1 aliphatic rings. The Morgan fingerprint density at radius 2 is 2.04 bits per heavy atom. The van der Waals surface area contributed by atoms with E-state index in [0.717, 1.165) is 11.1 Å². The van der Waals surface area contributed by atoms with E-state index < -0.39 is 9.84 Å². The van der Waals surface area contributed by atoms with Crippen molar-refractivity contribution in [1.82, 2.24) is 10.9 Å². The van der Waals surface area contributed by atoms with Crippen LogP contribution in [0.3, 0.4) is 0 Å². The number of carbonyl (C=O) groups excluding carboxylic acids is 1. The molecule has 0 radical (unpaired) electrons. The fourth-order valence-corrected chi connectivity index (χ4v) is 3.58. The highest BCUT2D eigenvalue weighted by Gasteiger charge is 2.26. The smallest absolute Gasteiger partial charge is 0.234 e. The highest BCUT2D eigenvalue weighted by molar-refractivity contribution is 7.91. The maximum absolute atomic E-state index is 11.9. The average Bonchev–Trinajstić information content (AvgIpc) is 2.47. The predicted molar refractivity (Wildman–Crippen MR) is 89.8 cm³/mol. The third-order valence-corrected chi connectivity index (χ3v) is 5.38. The van der Waals surface area contributed by atoms with Crippen LogP contribution in [-0.4, -0.2) is 26.1 Å². The molecule has 6 heteroatoms. The van der Waals surface area contributed by atoms with Crippen molar-refractivity contribution in [2.45, 2.75) is 31.2 Å². The van der Waals surface area contributed by atoms with Crippen molar-refractivity contribution in [2.24, 2.45) is 5.92 Å². The van der Waals surface area contributed by atoms with Crippen molar-refractivity contribution in [2.75, 3.05) is 5.75 Å². The van der Waals surface area contributed by atoms with E-state index in [2.05, 4.69) is 16.8 Å². The third-order valence-electron chi connectivity index (χ3n) is 3.84. The van der Waals surface area contributed by atoms with Gasteiger partial charge in [0.1, 0.15) is 5.75 Å². The molecule has 23 heavy (non-hydrogen) atoms. The van der Waals surface area contributed by atoms with Crippen molar-refractivity contribution < 1.29 is 13.2 Å². The highest BCUT2D eigenvalue weighted by Crippen LogP contribution is 2.21. The van der Waals surface area contributed by atoms with Crippen molar-refractivity contribution in [3.63, 3.8) is 0 Å². The molecule has 2 rings (SSSR count). The average molecular weight is 332 g/mol. The van der Waals surface area contributed by atoms with Crippen LogP contribution >= 0.6 is 0 Å². The molecule has 1 fully saturated rings. The Morgan fingerprint density at radius 1 is 1.39 bits per heavy atom. The summed E-state index contributed by atoms with van der Waals surface area (Å²) in [6, 6.07) is 6.67.